The molecule has 7 aliphatic carbocycles. The van der Waals surface area contributed by atoms with E-state index in [2.05, 4.69) is 0 Å². The van der Waals surface area contributed by atoms with E-state index >= 15 is 0 Å². The van der Waals surface area contributed by atoms with Gasteiger partial charge in [0.15, 0.2) is 0 Å². The zero-order valence-electron chi connectivity index (χ0n) is 16.0. The van der Waals surface area contributed by atoms with Crippen LogP contribution >= 0.6 is 0 Å². The molecule has 0 aromatic rings. The van der Waals surface area contributed by atoms with Crippen LogP contribution in [0, 0.1) is 45.8 Å². The minimum atomic E-state index is -0.135. The topological polar surface area (TPSA) is 46.5 Å². The molecule has 0 saturated heterocycles. The van der Waals surface area contributed by atoms with E-state index in [1.54, 1.807) is 0 Å². The Kier molecular flexibility index (Phi) is 3.32. The van der Waals surface area contributed by atoms with Crippen molar-refractivity contribution < 1.29 is 14.6 Å². The Balaban J connectivity index is 1.23. The predicted molar refractivity (Wildman–Crippen MR) is 98.2 cm³/mol. The van der Waals surface area contributed by atoms with Gasteiger partial charge in [0.05, 0.1) is 12.0 Å². The Hall–Kier alpha value is -0.570. The lowest BCUT2D eigenvalue weighted by atomic mass is 9.49. The third-order valence-electron chi connectivity index (χ3n) is 10.4. The number of hydrogen-bond donors (Lipinski definition) is 1. The molecule has 7 aliphatic rings. The van der Waals surface area contributed by atoms with Crippen LogP contribution in [0.3, 0.4) is 0 Å². The smallest absolute Gasteiger partial charge is 0.312 e. The van der Waals surface area contributed by atoms with Crippen molar-refractivity contribution >= 4 is 5.97 Å². The molecule has 7 fully saturated rings. The van der Waals surface area contributed by atoms with Gasteiger partial charge in [-0.05, 0) is 100 Å². The second-order valence-electron chi connectivity index (χ2n) is 11.4. The van der Waals surface area contributed by atoms with E-state index in [9.17, 15) is 9.90 Å². The van der Waals surface area contributed by atoms with Crippen LogP contribution in [0.15, 0.2) is 0 Å². The van der Waals surface area contributed by atoms with Gasteiger partial charge in [-0.15, -0.1) is 0 Å². The third kappa shape index (κ3) is 1.92. The second kappa shape index (κ2) is 5.27. The van der Waals surface area contributed by atoms with Crippen LogP contribution in [0.5, 0.6) is 0 Å². The predicted octanol–water partition coefficient (Wildman–Crippen LogP) is 4.32. The molecular weight excluding hydrogens is 324 g/mol. The molecule has 0 aliphatic heterocycles. The Morgan fingerprint density at radius 2 is 1.65 bits per heavy atom. The van der Waals surface area contributed by atoms with Gasteiger partial charge in [0.1, 0.15) is 0 Å². The van der Waals surface area contributed by atoms with Crippen molar-refractivity contribution in [2.45, 2.75) is 77.0 Å². The maximum atomic E-state index is 13.4. The highest BCUT2D eigenvalue weighted by molar-refractivity contribution is 5.77. The fourth-order valence-electron chi connectivity index (χ4n) is 9.75. The molecule has 0 aromatic carbocycles. The van der Waals surface area contributed by atoms with E-state index in [-0.39, 0.29) is 22.2 Å². The van der Waals surface area contributed by atoms with E-state index in [1.807, 2.05) is 0 Å². The molecular formula is C23H34O3. The van der Waals surface area contributed by atoms with Crippen LogP contribution in [-0.4, -0.2) is 24.3 Å². The van der Waals surface area contributed by atoms with Gasteiger partial charge in [0.2, 0.25) is 0 Å². The van der Waals surface area contributed by atoms with Crippen molar-refractivity contribution in [2.75, 3.05) is 13.2 Å². The fraction of sp³-hybridized carbons (Fsp3) is 0.957. The van der Waals surface area contributed by atoms with Gasteiger partial charge in [-0.3, -0.25) is 4.79 Å². The molecule has 1 N–H and O–H groups in total. The molecule has 7 rings (SSSR count). The van der Waals surface area contributed by atoms with Gasteiger partial charge >= 0.3 is 5.97 Å². The number of aliphatic hydroxyl groups is 1. The van der Waals surface area contributed by atoms with Crippen molar-refractivity contribution in [2.24, 2.45) is 45.8 Å². The summed E-state index contributed by atoms with van der Waals surface area (Å²) in [4.78, 5) is 13.4. The molecule has 7 saturated carbocycles. The lowest BCUT2D eigenvalue weighted by Crippen LogP contribution is -2.52. The SMILES string of the molecule is O=C(OCC12CCCC1C1CCC2(CO)C1)C12CC3CC(CC(C3)C1)C2. The summed E-state index contributed by atoms with van der Waals surface area (Å²) in [6.07, 6.45) is 14.8. The van der Waals surface area contributed by atoms with Crippen molar-refractivity contribution in [1.29, 1.82) is 0 Å². The Morgan fingerprint density at radius 1 is 0.962 bits per heavy atom. The van der Waals surface area contributed by atoms with Crippen LogP contribution in [0.25, 0.3) is 0 Å². The van der Waals surface area contributed by atoms with Crippen LogP contribution in [0.1, 0.15) is 77.0 Å². The van der Waals surface area contributed by atoms with Gasteiger partial charge in [-0.25, -0.2) is 0 Å². The number of aliphatic hydroxyl groups excluding tert-OH is 1. The highest BCUT2D eigenvalue weighted by Gasteiger charge is 2.68. The molecule has 0 amide bonds. The van der Waals surface area contributed by atoms with Gasteiger partial charge in [0, 0.05) is 17.4 Å². The quantitative estimate of drug-likeness (QED) is 0.761. The fourth-order valence-corrected chi connectivity index (χ4v) is 9.75. The number of hydrogen-bond acceptors (Lipinski definition) is 3. The first-order valence-electron chi connectivity index (χ1n) is 11.4. The van der Waals surface area contributed by atoms with Crippen LogP contribution in [-0.2, 0) is 9.53 Å². The minimum absolute atomic E-state index is 0.0561. The number of fused-ring (bicyclic) bond motifs is 5. The van der Waals surface area contributed by atoms with E-state index in [1.165, 1.54) is 51.4 Å². The van der Waals surface area contributed by atoms with Crippen molar-refractivity contribution in [3.63, 3.8) is 0 Å². The van der Waals surface area contributed by atoms with Crippen molar-refractivity contribution in [1.82, 2.24) is 0 Å². The number of rotatable bonds is 4. The molecule has 3 heteroatoms. The molecule has 0 heterocycles. The second-order valence-corrected chi connectivity index (χ2v) is 11.4. The van der Waals surface area contributed by atoms with Crippen molar-refractivity contribution in [3.8, 4) is 0 Å². The number of ether oxygens (including phenoxy) is 1. The lowest BCUT2D eigenvalue weighted by Gasteiger charge is -2.55. The largest absolute Gasteiger partial charge is 0.465 e. The van der Waals surface area contributed by atoms with Crippen LogP contribution in [0.4, 0.5) is 0 Å². The van der Waals surface area contributed by atoms with E-state index in [4.69, 9.17) is 4.74 Å². The highest BCUT2D eigenvalue weighted by Crippen LogP contribution is 2.72. The van der Waals surface area contributed by atoms with Crippen LogP contribution < -0.4 is 0 Å². The summed E-state index contributed by atoms with van der Waals surface area (Å²) in [6, 6.07) is 0. The average Bonchev–Trinajstić information content (AvgIpc) is 3.29. The van der Waals surface area contributed by atoms with Crippen molar-refractivity contribution in [3.05, 3.63) is 0 Å². The average molecular weight is 359 g/mol. The number of esters is 1. The summed E-state index contributed by atoms with van der Waals surface area (Å²) >= 11 is 0. The maximum absolute atomic E-state index is 13.4. The summed E-state index contributed by atoms with van der Waals surface area (Å²) in [6.45, 7) is 0.907. The molecule has 4 unspecified atom stereocenters. The maximum Gasteiger partial charge on any atom is 0.312 e. The van der Waals surface area contributed by atoms with Gasteiger partial charge < -0.3 is 9.84 Å². The summed E-state index contributed by atoms with van der Waals surface area (Å²) in [7, 11) is 0. The summed E-state index contributed by atoms with van der Waals surface area (Å²) in [5, 5.41) is 10.3. The van der Waals surface area contributed by atoms with Gasteiger partial charge in [0.25, 0.3) is 0 Å². The molecule has 0 aromatic heterocycles. The third-order valence-corrected chi connectivity index (χ3v) is 10.4. The normalized spacial score (nSPS) is 56.1. The van der Waals surface area contributed by atoms with Gasteiger partial charge in [-0.2, -0.15) is 0 Å². The summed E-state index contributed by atoms with van der Waals surface area (Å²) < 4.78 is 6.24. The molecule has 26 heavy (non-hydrogen) atoms. The lowest BCUT2D eigenvalue weighted by molar-refractivity contribution is -0.180. The van der Waals surface area contributed by atoms with E-state index < -0.39 is 0 Å². The molecule has 4 atom stereocenters. The summed E-state index contributed by atoms with van der Waals surface area (Å²) in [5.41, 5.74) is 0.0205. The Bertz CT molecular complexity index is 592. The van der Waals surface area contributed by atoms with E-state index in [0.29, 0.717) is 19.1 Å². The number of carbonyl (C=O) groups excluding carboxylic acids is 1. The Morgan fingerprint density at radius 3 is 2.31 bits per heavy atom. The molecule has 6 bridgehead atoms. The molecule has 0 radical (unpaired) electrons. The monoisotopic (exact) mass is 358 g/mol. The molecule has 0 spiro atoms. The van der Waals surface area contributed by atoms with E-state index in [0.717, 1.165) is 49.4 Å². The van der Waals surface area contributed by atoms with Gasteiger partial charge in [-0.1, -0.05) is 6.42 Å². The zero-order chi connectivity index (χ0) is 17.6. The molecule has 144 valence electrons. The highest BCUT2D eigenvalue weighted by atomic mass is 16.5. The summed E-state index contributed by atoms with van der Waals surface area (Å²) in [5.74, 6) is 4.00. The first-order chi connectivity index (χ1) is 12.6. The Labute approximate surface area is 157 Å². The zero-order valence-corrected chi connectivity index (χ0v) is 16.0. The standard InChI is InChI=1S/C23H34O3/c24-13-22-5-3-18(12-22)19-2-1-4-23(19,22)14-26-20(25)21-9-15-6-16(10-21)8-17(7-15)11-21/h15-19,24H,1-14H2. The minimum Gasteiger partial charge on any atom is -0.465 e. The first kappa shape index (κ1) is 16.4. The molecule has 3 nitrogen and oxygen atoms in total. The number of carbonyl (C=O) groups is 1. The first-order valence-corrected chi connectivity index (χ1v) is 11.4. The van der Waals surface area contributed by atoms with Crippen LogP contribution in [0.2, 0.25) is 0 Å².